The van der Waals surface area contributed by atoms with Gasteiger partial charge >= 0.3 is 0 Å². The highest BCUT2D eigenvalue weighted by Crippen LogP contribution is 2.31. The molecule has 2 unspecified atom stereocenters. The van der Waals surface area contributed by atoms with Crippen LogP contribution in [-0.4, -0.2) is 30.3 Å². The van der Waals surface area contributed by atoms with E-state index in [1.54, 1.807) is 6.07 Å². The lowest BCUT2D eigenvalue weighted by Gasteiger charge is -2.44. The van der Waals surface area contributed by atoms with Crippen molar-refractivity contribution in [2.24, 2.45) is 0 Å². The van der Waals surface area contributed by atoms with E-state index in [1.165, 1.54) is 25.7 Å². The largest absolute Gasteiger partial charge is 0.374 e. The van der Waals surface area contributed by atoms with Crippen molar-refractivity contribution >= 4 is 5.69 Å². The normalized spacial score (nSPS) is 27.4. The van der Waals surface area contributed by atoms with Gasteiger partial charge in [-0.15, -0.1) is 0 Å². The number of rotatable bonds is 1. The number of fused-ring (bicyclic) bond motifs is 1. The Morgan fingerprint density at radius 1 is 1.33 bits per heavy atom. The molecule has 1 aliphatic heterocycles. The molecule has 94 valence electrons. The van der Waals surface area contributed by atoms with Gasteiger partial charge in [0.25, 0.3) is 0 Å². The van der Waals surface area contributed by atoms with E-state index in [0.29, 0.717) is 17.8 Å². The van der Waals surface area contributed by atoms with Crippen molar-refractivity contribution in [3.63, 3.8) is 0 Å². The fraction of sp³-hybridized carbons (Fsp3) is 0.571. The van der Waals surface area contributed by atoms with E-state index < -0.39 is 0 Å². The van der Waals surface area contributed by atoms with E-state index in [9.17, 15) is 0 Å². The Morgan fingerprint density at radius 2 is 2.22 bits per heavy atom. The van der Waals surface area contributed by atoms with E-state index >= 15 is 0 Å². The molecule has 1 aromatic rings. The molecule has 0 radical (unpaired) electrons. The summed E-state index contributed by atoms with van der Waals surface area (Å²) in [5, 5.41) is 8.78. The maximum absolute atomic E-state index is 8.78. The van der Waals surface area contributed by atoms with Crippen LogP contribution in [0.15, 0.2) is 18.3 Å². The first-order chi connectivity index (χ1) is 8.88. The first-order valence-electron chi connectivity index (χ1n) is 6.63. The Morgan fingerprint density at radius 3 is 3.00 bits per heavy atom. The number of hydrogen-bond donors (Lipinski definition) is 0. The maximum atomic E-state index is 8.78. The van der Waals surface area contributed by atoms with Crippen molar-refractivity contribution in [3.8, 4) is 6.07 Å². The van der Waals surface area contributed by atoms with Crippen molar-refractivity contribution in [2.75, 3.05) is 18.1 Å². The fourth-order valence-corrected chi connectivity index (χ4v) is 3.04. The van der Waals surface area contributed by atoms with Crippen molar-refractivity contribution in [1.82, 2.24) is 4.98 Å². The molecule has 1 aromatic heterocycles. The monoisotopic (exact) mass is 243 g/mol. The minimum absolute atomic E-state index is 0.378. The molecule has 4 heteroatoms. The zero-order chi connectivity index (χ0) is 12.4. The lowest BCUT2D eigenvalue weighted by Crippen LogP contribution is -2.52. The third kappa shape index (κ3) is 2.06. The molecule has 1 saturated heterocycles. The predicted octanol–water partition coefficient (Wildman–Crippen LogP) is 2.10. The molecule has 0 N–H and O–H groups in total. The first kappa shape index (κ1) is 11.5. The number of morpholine rings is 1. The number of nitriles is 1. The molecule has 2 aliphatic rings. The van der Waals surface area contributed by atoms with Crippen molar-refractivity contribution in [1.29, 1.82) is 5.26 Å². The van der Waals surface area contributed by atoms with Gasteiger partial charge in [-0.1, -0.05) is 12.8 Å². The summed E-state index contributed by atoms with van der Waals surface area (Å²) >= 11 is 0. The summed E-state index contributed by atoms with van der Waals surface area (Å²) in [7, 11) is 0. The Kier molecular flexibility index (Phi) is 3.16. The molecule has 1 saturated carbocycles. The molecule has 0 bridgehead atoms. The number of anilines is 1. The molecule has 0 amide bonds. The van der Waals surface area contributed by atoms with Gasteiger partial charge in [-0.3, -0.25) is 0 Å². The van der Waals surface area contributed by atoms with E-state index in [4.69, 9.17) is 10.00 Å². The van der Waals surface area contributed by atoms with Crippen molar-refractivity contribution in [2.45, 2.75) is 37.8 Å². The van der Waals surface area contributed by atoms with Crippen LogP contribution in [0.1, 0.15) is 31.4 Å². The molecule has 18 heavy (non-hydrogen) atoms. The molecule has 2 heterocycles. The molecule has 2 fully saturated rings. The summed E-state index contributed by atoms with van der Waals surface area (Å²) in [4.78, 5) is 6.57. The molecule has 3 rings (SSSR count). The number of hydrogen-bond acceptors (Lipinski definition) is 4. The van der Waals surface area contributed by atoms with E-state index in [2.05, 4.69) is 16.0 Å². The van der Waals surface area contributed by atoms with Crippen LogP contribution in [0.5, 0.6) is 0 Å². The van der Waals surface area contributed by atoms with Gasteiger partial charge in [-0.25, -0.2) is 4.98 Å². The van der Waals surface area contributed by atoms with Crippen molar-refractivity contribution < 1.29 is 4.74 Å². The molecule has 1 aliphatic carbocycles. The van der Waals surface area contributed by atoms with Crippen LogP contribution < -0.4 is 4.90 Å². The second-order valence-corrected chi connectivity index (χ2v) is 4.97. The molecular formula is C14H17N3O. The highest BCUT2D eigenvalue weighted by Gasteiger charge is 2.34. The first-order valence-corrected chi connectivity index (χ1v) is 6.63. The molecule has 0 aromatic carbocycles. The number of aromatic nitrogens is 1. The average molecular weight is 243 g/mol. The van der Waals surface area contributed by atoms with Crippen LogP contribution in [-0.2, 0) is 4.74 Å². The SMILES string of the molecule is N#Cc1ccc(N2CCOC3CCCCC32)cn1. The second-order valence-electron chi connectivity index (χ2n) is 4.97. The number of nitrogens with zero attached hydrogens (tertiary/aromatic N) is 3. The van der Waals surface area contributed by atoms with E-state index in [0.717, 1.165) is 18.8 Å². The zero-order valence-corrected chi connectivity index (χ0v) is 10.4. The molecular weight excluding hydrogens is 226 g/mol. The minimum atomic E-state index is 0.378. The number of ether oxygens (including phenoxy) is 1. The summed E-state index contributed by atoms with van der Waals surface area (Å²) < 4.78 is 5.86. The number of pyridine rings is 1. The summed E-state index contributed by atoms with van der Waals surface area (Å²) in [5.74, 6) is 0. The van der Waals surface area contributed by atoms with Gasteiger partial charge in [0.15, 0.2) is 0 Å². The van der Waals surface area contributed by atoms with Crippen LogP contribution in [0.2, 0.25) is 0 Å². The highest BCUT2D eigenvalue weighted by molar-refractivity contribution is 5.47. The molecule has 2 atom stereocenters. The smallest absolute Gasteiger partial charge is 0.140 e. The standard InChI is InChI=1S/C14H17N3O/c15-9-11-5-6-12(10-16-11)17-7-8-18-14-4-2-1-3-13(14)17/h5-6,10,13-14H,1-4,7-8H2. The van der Waals surface area contributed by atoms with E-state index in [-0.39, 0.29) is 0 Å². The van der Waals surface area contributed by atoms with Gasteiger partial charge in [0.05, 0.1) is 30.6 Å². The lowest BCUT2D eigenvalue weighted by atomic mass is 9.90. The van der Waals surface area contributed by atoms with Crippen LogP contribution >= 0.6 is 0 Å². The zero-order valence-electron chi connectivity index (χ0n) is 10.4. The van der Waals surface area contributed by atoms with Crippen LogP contribution in [0.25, 0.3) is 0 Å². The summed E-state index contributed by atoms with van der Waals surface area (Å²) in [6.07, 6.45) is 7.12. The van der Waals surface area contributed by atoms with Gasteiger partial charge in [0.1, 0.15) is 11.8 Å². The molecule has 4 nitrogen and oxygen atoms in total. The fourth-order valence-electron chi connectivity index (χ4n) is 3.04. The summed E-state index contributed by atoms with van der Waals surface area (Å²) in [6.45, 7) is 1.72. The van der Waals surface area contributed by atoms with Crippen LogP contribution in [0.4, 0.5) is 5.69 Å². The third-order valence-electron chi connectivity index (χ3n) is 3.93. The lowest BCUT2D eigenvalue weighted by molar-refractivity contribution is -0.00869. The minimum Gasteiger partial charge on any atom is -0.374 e. The van der Waals surface area contributed by atoms with Gasteiger partial charge < -0.3 is 9.64 Å². The van der Waals surface area contributed by atoms with Crippen LogP contribution in [0, 0.1) is 11.3 Å². The maximum Gasteiger partial charge on any atom is 0.140 e. The topological polar surface area (TPSA) is 49.2 Å². The van der Waals surface area contributed by atoms with Crippen molar-refractivity contribution in [3.05, 3.63) is 24.0 Å². The van der Waals surface area contributed by atoms with E-state index in [1.807, 2.05) is 12.3 Å². The van der Waals surface area contributed by atoms with Gasteiger partial charge in [0.2, 0.25) is 0 Å². The van der Waals surface area contributed by atoms with Gasteiger partial charge in [-0.05, 0) is 25.0 Å². The quantitative estimate of drug-likeness (QED) is 0.758. The Bertz CT molecular complexity index is 449. The Hall–Kier alpha value is -1.60. The van der Waals surface area contributed by atoms with Gasteiger partial charge in [0, 0.05) is 6.54 Å². The second kappa shape index (κ2) is 4.95. The van der Waals surface area contributed by atoms with Gasteiger partial charge in [-0.2, -0.15) is 5.26 Å². The Balaban J connectivity index is 1.82. The summed E-state index contributed by atoms with van der Waals surface area (Å²) in [6, 6.07) is 6.34. The van der Waals surface area contributed by atoms with Crippen LogP contribution in [0.3, 0.4) is 0 Å². The Labute approximate surface area is 107 Å². The average Bonchev–Trinajstić information content (AvgIpc) is 2.47. The predicted molar refractivity (Wildman–Crippen MR) is 68.3 cm³/mol. The third-order valence-corrected chi connectivity index (χ3v) is 3.93. The molecule has 0 spiro atoms. The highest BCUT2D eigenvalue weighted by atomic mass is 16.5. The summed E-state index contributed by atoms with van der Waals surface area (Å²) in [5.41, 5.74) is 1.60.